The van der Waals surface area contributed by atoms with E-state index < -0.39 is 14.4 Å². The minimum absolute atomic E-state index is 0.0560. The number of ether oxygens (including phenoxy) is 1. The zero-order valence-corrected chi connectivity index (χ0v) is 16.9. The molecule has 0 N–H and O–H groups in total. The molecule has 1 aliphatic heterocycles. The van der Waals surface area contributed by atoms with E-state index in [0.29, 0.717) is 13.0 Å². The Hall–Kier alpha value is -1.66. The van der Waals surface area contributed by atoms with E-state index in [1.807, 2.05) is 30.3 Å². The van der Waals surface area contributed by atoms with Crippen molar-refractivity contribution in [3.05, 3.63) is 35.9 Å². The quantitative estimate of drug-likeness (QED) is 0.742. The summed E-state index contributed by atoms with van der Waals surface area (Å²) in [6, 6.07) is 9.29. The van der Waals surface area contributed by atoms with Crippen LogP contribution in [0.25, 0.3) is 0 Å². The third-order valence-electron chi connectivity index (χ3n) is 5.13. The molecule has 1 atom stereocenters. The van der Waals surface area contributed by atoms with Gasteiger partial charge in [-0.1, -0.05) is 51.1 Å². The van der Waals surface area contributed by atoms with Gasteiger partial charge < -0.3 is 9.16 Å². The van der Waals surface area contributed by atoms with E-state index in [9.17, 15) is 9.59 Å². The molecule has 1 fully saturated rings. The predicted molar refractivity (Wildman–Crippen MR) is 99.9 cm³/mol. The van der Waals surface area contributed by atoms with Gasteiger partial charge in [0, 0.05) is 6.42 Å². The van der Waals surface area contributed by atoms with Crippen LogP contribution in [0.2, 0.25) is 18.1 Å². The molecule has 0 radical (unpaired) electrons. The lowest BCUT2D eigenvalue weighted by atomic mass is 10.2. The first-order valence-electron chi connectivity index (χ1n) is 8.73. The van der Waals surface area contributed by atoms with Crippen molar-refractivity contribution < 1.29 is 18.8 Å². The summed E-state index contributed by atoms with van der Waals surface area (Å²) >= 11 is 0. The van der Waals surface area contributed by atoms with E-state index in [-0.39, 0.29) is 30.0 Å². The summed E-state index contributed by atoms with van der Waals surface area (Å²) in [5.74, 6) is 0.0560. The molecule has 2 rings (SSSR count). The predicted octanol–water partition coefficient (Wildman–Crippen LogP) is 3.99. The van der Waals surface area contributed by atoms with E-state index in [4.69, 9.17) is 9.16 Å². The van der Waals surface area contributed by atoms with Crippen LogP contribution in [-0.4, -0.2) is 44.3 Å². The normalized spacial score (nSPS) is 18.5. The fraction of sp³-hybridized carbons (Fsp3) is 0.579. The number of hydrogen-bond donors (Lipinski definition) is 0. The minimum atomic E-state index is -1.92. The minimum Gasteiger partial charge on any atom is -0.445 e. The van der Waals surface area contributed by atoms with Crippen LogP contribution >= 0.6 is 0 Å². The maximum absolute atomic E-state index is 12.4. The third-order valence-corrected chi connectivity index (χ3v) is 9.63. The van der Waals surface area contributed by atoms with E-state index >= 15 is 0 Å². The van der Waals surface area contributed by atoms with Crippen molar-refractivity contribution in [2.24, 2.45) is 0 Å². The van der Waals surface area contributed by atoms with Gasteiger partial charge in [0.05, 0.1) is 19.2 Å². The van der Waals surface area contributed by atoms with E-state index in [1.54, 1.807) is 0 Å². The number of likely N-dealkylation sites (tertiary alicyclic amines) is 1. The van der Waals surface area contributed by atoms with Gasteiger partial charge in [-0.05, 0) is 23.7 Å². The molecule has 25 heavy (non-hydrogen) atoms. The second-order valence-corrected chi connectivity index (χ2v) is 12.9. The second-order valence-electron chi connectivity index (χ2n) is 8.14. The Morgan fingerprint density at radius 3 is 2.48 bits per heavy atom. The van der Waals surface area contributed by atoms with Crippen LogP contribution in [-0.2, 0) is 20.6 Å². The Morgan fingerprint density at radius 1 is 1.24 bits per heavy atom. The molecule has 1 saturated heterocycles. The molecule has 138 valence electrons. The number of hydrogen-bond acceptors (Lipinski definition) is 4. The number of ketones is 1. The highest BCUT2D eigenvalue weighted by Crippen LogP contribution is 2.37. The van der Waals surface area contributed by atoms with Gasteiger partial charge in [0.25, 0.3) is 0 Å². The SMILES string of the molecule is CC(C)(C)[Si](C)(C)OCC1CC(=O)CN1C(=O)OCc1ccccc1. The molecule has 0 spiro atoms. The van der Waals surface area contributed by atoms with Crippen LogP contribution in [0, 0.1) is 0 Å². The molecule has 0 aromatic heterocycles. The van der Waals surface area contributed by atoms with E-state index in [1.165, 1.54) is 4.90 Å². The van der Waals surface area contributed by atoms with Gasteiger partial charge in [0.2, 0.25) is 0 Å². The molecule has 1 heterocycles. The fourth-order valence-corrected chi connectivity index (χ4v) is 3.48. The Kier molecular flexibility index (Phi) is 6.06. The topological polar surface area (TPSA) is 55.8 Å². The standard InChI is InChI=1S/C19H29NO4Si/c1-19(2,3)25(4,5)24-14-16-11-17(21)12-20(16)18(22)23-13-15-9-7-6-8-10-15/h6-10,16H,11-14H2,1-5H3. The summed E-state index contributed by atoms with van der Waals surface area (Å²) < 4.78 is 11.6. The number of amides is 1. The summed E-state index contributed by atoms with van der Waals surface area (Å²) in [5, 5.41) is 0.0915. The van der Waals surface area contributed by atoms with Gasteiger partial charge in [-0.2, -0.15) is 0 Å². The van der Waals surface area contributed by atoms with Crippen LogP contribution in [0.5, 0.6) is 0 Å². The monoisotopic (exact) mass is 363 g/mol. The van der Waals surface area contributed by atoms with Crippen LogP contribution in [0.1, 0.15) is 32.8 Å². The van der Waals surface area contributed by atoms with E-state index in [0.717, 1.165) is 5.56 Å². The molecular weight excluding hydrogens is 334 g/mol. The molecular formula is C19H29NO4Si. The average Bonchev–Trinajstić information content (AvgIpc) is 2.92. The van der Waals surface area contributed by atoms with Crippen molar-refractivity contribution in [2.75, 3.05) is 13.2 Å². The fourth-order valence-electron chi connectivity index (χ4n) is 2.44. The van der Waals surface area contributed by atoms with Crippen LogP contribution in [0.4, 0.5) is 4.79 Å². The Morgan fingerprint density at radius 2 is 1.88 bits per heavy atom. The molecule has 6 heteroatoms. The molecule has 0 bridgehead atoms. The highest BCUT2D eigenvalue weighted by atomic mass is 28.4. The van der Waals surface area contributed by atoms with Crippen molar-refractivity contribution in [3.8, 4) is 0 Å². The van der Waals surface area contributed by atoms with Gasteiger partial charge >= 0.3 is 6.09 Å². The van der Waals surface area contributed by atoms with E-state index in [2.05, 4.69) is 33.9 Å². The first kappa shape index (κ1) is 19.7. The van der Waals surface area contributed by atoms with Gasteiger partial charge in [0.1, 0.15) is 6.61 Å². The van der Waals surface area contributed by atoms with Crippen molar-refractivity contribution in [3.63, 3.8) is 0 Å². The summed E-state index contributed by atoms with van der Waals surface area (Å²) in [5.41, 5.74) is 0.926. The molecule has 1 aromatic rings. The Bertz CT molecular complexity index is 610. The molecule has 1 amide bonds. The van der Waals surface area contributed by atoms with Gasteiger partial charge in [-0.25, -0.2) is 4.79 Å². The first-order valence-corrected chi connectivity index (χ1v) is 11.6. The lowest BCUT2D eigenvalue weighted by Gasteiger charge is -2.37. The molecule has 0 saturated carbocycles. The summed E-state index contributed by atoms with van der Waals surface area (Å²) in [6.45, 7) is 11.6. The van der Waals surface area contributed by atoms with Crippen LogP contribution in [0.15, 0.2) is 30.3 Å². The van der Waals surface area contributed by atoms with Crippen molar-refractivity contribution >= 4 is 20.2 Å². The number of carbonyl (C=O) groups excluding carboxylic acids is 2. The highest BCUT2D eigenvalue weighted by molar-refractivity contribution is 6.74. The first-order chi connectivity index (χ1) is 11.6. The number of carbonyl (C=O) groups is 2. The van der Waals surface area contributed by atoms with Gasteiger partial charge in [-0.15, -0.1) is 0 Å². The zero-order chi connectivity index (χ0) is 18.7. The smallest absolute Gasteiger partial charge is 0.410 e. The molecule has 1 aromatic carbocycles. The highest BCUT2D eigenvalue weighted by Gasteiger charge is 2.41. The second kappa shape index (κ2) is 7.70. The summed E-state index contributed by atoms with van der Waals surface area (Å²) in [4.78, 5) is 25.8. The molecule has 5 nitrogen and oxygen atoms in total. The Balaban J connectivity index is 1.94. The molecule has 1 aliphatic rings. The zero-order valence-electron chi connectivity index (χ0n) is 15.9. The third kappa shape index (κ3) is 5.15. The van der Waals surface area contributed by atoms with Gasteiger partial charge in [0.15, 0.2) is 14.1 Å². The number of benzene rings is 1. The lowest BCUT2D eigenvalue weighted by molar-refractivity contribution is -0.116. The number of Topliss-reactive ketones (excluding diaryl/α,β-unsaturated/α-hetero) is 1. The lowest BCUT2D eigenvalue weighted by Crippen LogP contribution is -2.46. The molecule has 0 aliphatic carbocycles. The number of rotatable bonds is 5. The maximum Gasteiger partial charge on any atom is 0.410 e. The maximum atomic E-state index is 12.4. The number of nitrogens with zero attached hydrogens (tertiary/aromatic N) is 1. The average molecular weight is 364 g/mol. The van der Waals surface area contributed by atoms with Crippen molar-refractivity contribution in [2.45, 2.75) is 58.0 Å². The van der Waals surface area contributed by atoms with Crippen molar-refractivity contribution in [1.29, 1.82) is 0 Å². The van der Waals surface area contributed by atoms with Crippen LogP contribution in [0.3, 0.4) is 0 Å². The molecule has 1 unspecified atom stereocenters. The summed E-state index contributed by atoms with van der Waals surface area (Å²) in [6.07, 6.45) is -0.103. The van der Waals surface area contributed by atoms with Gasteiger partial charge in [-0.3, -0.25) is 9.69 Å². The largest absolute Gasteiger partial charge is 0.445 e. The van der Waals surface area contributed by atoms with Crippen LogP contribution < -0.4 is 0 Å². The Labute approximate surface area is 151 Å². The summed E-state index contributed by atoms with van der Waals surface area (Å²) in [7, 11) is -1.92. The van der Waals surface area contributed by atoms with Crippen molar-refractivity contribution in [1.82, 2.24) is 4.90 Å².